The lowest BCUT2D eigenvalue weighted by Crippen LogP contribution is -2.48. The molecule has 1 fully saturated rings. The van der Waals surface area contributed by atoms with Crippen molar-refractivity contribution in [3.8, 4) is 0 Å². The molecule has 2 amide bonds. The summed E-state index contributed by atoms with van der Waals surface area (Å²) in [5.41, 5.74) is 0. The van der Waals surface area contributed by atoms with Gasteiger partial charge in [0.15, 0.2) is 0 Å². The van der Waals surface area contributed by atoms with Gasteiger partial charge < -0.3 is 15.3 Å². The van der Waals surface area contributed by atoms with Gasteiger partial charge in [-0.3, -0.25) is 4.79 Å². The van der Waals surface area contributed by atoms with E-state index in [-0.39, 0.29) is 24.5 Å². The Morgan fingerprint density at radius 2 is 1.89 bits per heavy atom. The molecule has 0 aromatic carbocycles. The van der Waals surface area contributed by atoms with Crippen LogP contribution in [0.3, 0.4) is 0 Å². The third kappa shape index (κ3) is 4.20. The Hall–Kier alpha value is -1.26. The first-order valence-electron chi connectivity index (χ1n) is 6.74. The van der Waals surface area contributed by atoms with Crippen LogP contribution in [0.15, 0.2) is 0 Å². The van der Waals surface area contributed by atoms with Gasteiger partial charge in [0, 0.05) is 19.1 Å². The van der Waals surface area contributed by atoms with Crippen molar-refractivity contribution in [3.05, 3.63) is 0 Å². The van der Waals surface area contributed by atoms with E-state index in [2.05, 4.69) is 5.32 Å². The fourth-order valence-electron chi connectivity index (χ4n) is 2.28. The van der Waals surface area contributed by atoms with Gasteiger partial charge in [-0.15, -0.1) is 0 Å². The van der Waals surface area contributed by atoms with Crippen molar-refractivity contribution in [2.24, 2.45) is 5.92 Å². The molecule has 1 saturated carbocycles. The van der Waals surface area contributed by atoms with E-state index in [0.29, 0.717) is 5.92 Å². The molecule has 1 aliphatic carbocycles. The van der Waals surface area contributed by atoms with Crippen molar-refractivity contribution < 1.29 is 14.7 Å². The Labute approximate surface area is 109 Å². The number of hydrogen-bond donors (Lipinski definition) is 2. The number of amides is 2. The smallest absolute Gasteiger partial charge is 0.317 e. The quantitative estimate of drug-likeness (QED) is 0.732. The van der Waals surface area contributed by atoms with Gasteiger partial charge in [-0.05, 0) is 31.6 Å². The van der Waals surface area contributed by atoms with Crippen LogP contribution in [0.5, 0.6) is 0 Å². The summed E-state index contributed by atoms with van der Waals surface area (Å²) < 4.78 is 0. The lowest BCUT2D eigenvalue weighted by molar-refractivity contribution is -0.137. The minimum absolute atomic E-state index is 0.0210. The van der Waals surface area contributed by atoms with E-state index in [4.69, 9.17) is 5.11 Å². The minimum atomic E-state index is -0.850. The number of nitrogens with zero attached hydrogens (tertiary/aromatic N) is 1. The van der Waals surface area contributed by atoms with Crippen LogP contribution < -0.4 is 5.32 Å². The molecule has 0 spiro atoms. The van der Waals surface area contributed by atoms with Crippen LogP contribution in [0.2, 0.25) is 0 Å². The molecule has 5 nitrogen and oxygen atoms in total. The Kier molecular flexibility index (Phi) is 5.44. The second-order valence-electron chi connectivity index (χ2n) is 5.07. The highest BCUT2D eigenvalue weighted by Gasteiger charge is 2.34. The average Bonchev–Trinajstić information content (AvgIpc) is 3.12. The summed E-state index contributed by atoms with van der Waals surface area (Å²) in [6, 6.07) is -0.150. The van der Waals surface area contributed by atoms with Crippen molar-refractivity contribution in [1.29, 1.82) is 0 Å². The molecule has 18 heavy (non-hydrogen) atoms. The maximum absolute atomic E-state index is 12.0. The van der Waals surface area contributed by atoms with E-state index in [0.717, 1.165) is 25.7 Å². The summed E-state index contributed by atoms with van der Waals surface area (Å²) in [4.78, 5) is 24.5. The topological polar surface area (TPSA) is 69.6 Å². The summed E-state index contributed by atoms with van der Waals surface area (Å²) in [5, 5.41) is 11.7. The van der Waals surface area contributed by atoms with E-state index >= 15 is 0 Å². The summed E-state index contributed by atoms with van der Waals surface area (Å²) in [7, 11) is 1.78. The number of carbonyl (C=O) groups excluding carboxylic acids is 1. The summed E-state index contributed by atoms with van der Waals surface area (Å²) in [6.45, 7) is 4.10. The van der Waals surface area contributed by atoms with Gasteiger partial charge in [-0.1, -0.05) is 13.8 Å². The monoisotopic (exact) mass is 256 g/mol. The zero-order valence-corrected chi connectivity index (χ0v) is 11.5. The van der Waals surface area contributed by atoms with Crippen LogP contribution in [0.25, 0.3) is 0 Å². The molecule has 0 radical (unpaired) electrons. The normalized spacial score (nSPS) is 16.4. The van der Waals surface area contributed by atoms with Crippen molar-refractivity contribution >= 4 is 12.0 Å². The summed E-state index contributed by atoms with van der Waals surface area (Å²) in [6.07, 6.45) is 3.88. The number of carboxylic acid groups (broad SMARTS) is 1. The number of carboxylic acids is 1. The lowest BCUT2D eigenvalue weighted by atomic mass is 10.1. The fraction of sp³-hybridized carbons (Fsp3) is 0.846. The molecule has 104 valence electrons. The van der Waals surface area contributed by atoms with E-state index in [1.54, 1.807) is 11.9 Å². The van der Waals surface area contributed by atoms with Crippen molar-refractivity contribution in [3.63, 3.8) is 0 Å². The molecule has 5 heteroatoms. The van der Waals surface area contributed by atoms with Crippen LogP contribution in [-0.4, -0.2) is 41.1 Å². The number of nitrogens with one attached hydrogen (secondary N) is 1. The molecule has 0 aromatic rings. The summed E-state index contributed by atoms with van der Waals surface area (Å²) >= 11 is 0. The largest absolute Gasteiger partial charge is 0.481 e. The van der Waals surface area contributed by atoms with Gasteiger partial charge in [0.05, 0.1) is 6.42 Å². The Morgan fingerprint density at radius 1 is 1.33 bits per heavy atom. The van der Waals surface area contributed by atoms with E-state index in [1.807, 2.05) is 13.8 Å². The first-order valence-corrected chi connectivity index (χ1v) is 6.74. The van der Waals surface area contributed by atoms with Gasteiger partial charge in [0.2, 0.25) is 0 Å². The Morgan fingerprint density at radius 3 is 2.28 bits per heavy atom. The van der Waals surface area contributed by atoms with E-state index < -0.39 is 5.97 Å². The maximum atomic E-state index is 12.0. The molecule has 1 atom stereocenters. The average molecular weight is 256 g/mol. The van der Waals surface area contributed by atoms with Crippen LogP contribution in [0.1, 0.15) is 46.0 Å². The van der Waals surface area contributed by atoms with Gasteiger partial charge >= 0.3 is 12.0 Å². The molecule has 0 bridgehead atoms. The first kappa shape index (κ1) is 14.8. The Balaban J connectivity index is 2.52. The van der Waals surface area contributed by atoms with Crippen molar-refractivity contribution in [2.45, 2.75) is 58.0 Å². The van der Waals surface area contributed by atoms with Crippen LogP contribution >= 0.6 is 0 Å². The van der Waals surface area contributed by atoms with Crippen LogP contribution in [-0.2, 0) is 4.79 Å². The van der Waals surface area contributed by atoms with Crippen molar-refractivity contribution in [1.82, 2.24) is 10.2 Å². The molecular weight excluding hydrogens is 232 g/mol. The predicted molar refractivity (Wildman–Crippen MR) is 69.4 cm³/mol. The molecular formula is C13H24N2O3. The maximum Gasteiger partial charge on any atom is 0.317 e. The second kappa shape index (κ2) is 6.61. The first-order chi connectivity index (χ1) is 8.49. The number of rotatable bonds is 7. The summed E-state index contributed by atoms with van der Waals surface area (Å²) in [5.74, 6) is -0.502. The second-order valence-corrected chi connectivity index (χ2v) is 5.07. The van der Waals surface area contributed by atoms with E-state index in [1.165, 1.54) is 0 Å². The molecule has 0 aliphatic heterocycles. The van der Waals surface area contributed by atoms with E-state index in [9.17, 15) is 9.59 Å². The lowest BCUT2D eigenvalue weighted by Gasteiger charge is -2.28. The fourth-order valence-corrected chi connectivity index (χ4v) is 2.28. The molecule has 1 aliphatic rings. The molecule has 1 rings (SSSR count). The molecule has 0 saturated heterocycles. The third-order valence-electron chi connectivity index (χ3n) is 3.71. The number of carbonyl (C=O) groups is 2. The number of urea groups is 1. The van der Waals surface area contributed by atoms with Gasteiger partial charge in [-0.25, -0.2) is 4.79 Å². The highest BCUT2D eigenvalue weighted by molar-refractivity contribution is 5.76. The predicted octanol–water partition coefficient (Wildman–Crippen LogP) is 2.07. The molecule has 1 unspecified atom stereocenters. The van der Waals surface area contributed by atoms with Crippen molar-refractivity contribution in [2.75, 3.05) is 7.05 Å². The molecule has 0 heterocycles. The zero-order chi connectivity index (χ0) is 13.7. The molecule has 0 aromatic heterocycles. The molecule has 2 N–H and O–H groups in total. The van der Waals surface area contributed by atoms with Crippen LogP contribution in [0, 0.1) is 5.92 Å². The highest BCUT2D eigenvalue weighted by Crippen LogP contribution is 2.34. The number of aliphatic carboxylic acids is 1. The zero-order valence-electron chi connectivity index (χ0n) is 11.5. The van der Waals surface area contributed by atoms with Gasteiger partial charge in [0.25, 0.3) is 0 Å². The minimum Gasteiger partial charge on any atom is -0.481 e. The van der Waals surface area contributed by atoms with Crippen LogP contribution in [0.4, 0.5) is 4.79 Å². The third-order valence-corrected chi connectivity index (χ3v) is 3.71. The van der Waals surface area contributed by atoms with Gasteiger partial charge in [0.1, 0.15) is 0 Å². The standard InChI is InChI=1S/C13H24N2O3/c1-4-10(5-2)15(3)13(18)14-11(8-12(16)17)9-6-7-9/h9-11H,4-8H2,1-3H3,(H,14,18)(H,16,17). The Bertz CT molecular complexity index is 299. The van der Waals surface area contributed by atoms with Gasteiger partial charge in [-0.2, -0.15) is 0 Å². The highest BCUT2D eigenvalue weighted by atomic mass is 16.4. The SMILES string of the molecule is CCC(CC)N(C)C(=O)NC(CC(=O)O)C1CC1. The number of hydrogen-bond acceptors (Lipinski definition) is 2.